The first-order valence-corrected chi connectivity index (χ1v) is 10.2. The molecule has 1 atom stereocenters. The Morgan fingerprint density at radius 1 is 1.14 bits per heavy atom. The van der Waals surface area contributed by atoms with Crippen LogP contribution in [0.25, 0.3) is 0 Å². The highest BCUT2D eigenvalue weighted by Gasteiger charge is 2.51. The molecule has 0 saturated carbocycles. The summed E-state index contributed by atoms with van der Waals surface area (Å²) in [5.74, 6) is -0.657. The summed E-state index contributed by atoms with van der Waals surface area (Å²) in [5, 5.41) is 3.35. The summed E-state index contributed by atoms with van der Waals surface area (Å²) in [6.07, 6.45) is 1.33. The maximum Gasteiger partial charge on any atom is 0.325 e. The molecule has 2 heterocycles. The second kappa shape index (κ2) is 8.03. The highest BCUT2D eigenvalue weighted by Crippen LogP contribution is 2.33. The molecule has 3 amide bonds. The Morgan fingerprint density at radius 3 is 2.38 bits per heavy atom. The monoisotopic (exact) mass is 415 g/mol. The standard InChI is InChI=1S/C22H26ClN3O3/c1-5-11-25-14(3)12-18(15(25)4)19(27)13-26-20(28)22(6-2,24-21(26)29)16-7-9-17(23)10-8-16/h7-10,12H,5-6,11,13H2,1-4H3,(H,24,29). The summed E-state index contributed by atoms with van der Waals surface area (Å²) < 4.78 is 2.09. The fourth-order valence-electron chi connectivity index (χ4n) is 4.02. The van der Waals surface area contributed by atoms with Crippen LogP contribution in [0.5, 0.6) is 0 Å². The van der Waals surface area contributed by atoms with Crippen molar-refractivity contribution in [1.82, 2.24) is 14.8 Å². The molecule has 1 N–H and O–H groups in total. The summed E-state index contributed by atoms with van der Waals surface area (Å²) in [4.78, 5) is 39.8. The molecule has 3 rings (SSSR count). The molecule has 0 spiro atoms. The second-order valence-corrected chi connectivity index (χ2v) is 7.88. The van der Waals surface area contributed by atoms with Crippen LogP contribution in [0.4, 0.5) is 4.79 Å². The maximum atomic E-state index is 13.2. The summed E-state index contributed by atoms with van der Waals surface area (Å²) in [6, 6.07) is 8.11. The number of benzene rings is 1. The zero-order valence-corrected chi connectivity index (χ0v) is 18.0. The van der Waals surface area contributed by atoms with Crippen molar-refractivity contribution in [2.75, 3.05) is 6.54 Å². The van der Waals surface area contributed by atoms with Gasteiger partial charge in [-0.15, -0.1) is 0 Å². The smallest absolute Gasteiger partial charge is 0.325 e. The van der Waals surface area contributed by atoms with E-state index in [-0.39, 0.29) is 12.3 Å². The number of aryl methyl sites for hydroxylation is 1. The fourth-order valence-corrected chi connectivity index (χ4v) is 4.15. The third-order valence-electron chi connectivity index (χ3n) is 5.67. The Hall–Kier alpha value is -2.60. The number of carbonyl (C=O) groups is 3. The molecule has 6 nitrogen and oxygen atoms in total. The lowest BCUT2D eigenvalue weighted by Crippen LogP contribution is -2.43. The topological polar surface area (TPSA) is 71.4 Å². The molecular formula is C22H26ClN3O3. The Morgan fingerprint density at radius 2 is 1.79 bits per heavy atom. The average Bonchev–Trinajstić information content (AvgIpc) is 3.11. The number of nitrogens with zero attached hydrogens (tertiary/aromatic N) is 2. The summed E-state index contributed by atoms with van der Waals surface area (Å²) in [7, 11) is 0. The zero-order valence-electron chi connectivity index (χ0n) is 17.2. The van der Waals surface area contributed by atoms with Crippen molar-refractivity contribution in [3.63, 3.8) is 0 Å². The Kier molecular flexibility index (Phi) is 5.85. The third kappa shape index (κ3) is 3.57. The molecule has 0 bridgehead atoms. The van der Waals surface area contributed by atoms with Gasteiger partial charge >= 0.3 is 6.03 Å². The van der Waals surface area contributed by atoms with Crippen LogP contribution in [0.15, 0.2) is 30.3 Å². The lowest BCUT2D eigenvalue weighted by Gasteiger charge is -2.25. The first kappa shape index (κ1) is 21.1. The van der Waals surface area contributed by atoms with Crippen LogP contribution in [0.1, 0.15) is 54.0 Å². The van der Waals surface area contributed by atoms with Crippen molar-refractivity contribution >= 4 is 29.3 Å². The Balaban J connectivity index is 1.88. The molecule has 29 heavy (non-hydrogen) atoms. The average molecular weight is 416 g/mol. The number of imide groups is 1. The maximum absolute atomic E-state index is 13.2. The lowest BCUT2D eigenvalue weighted by molar-refractivity contribution is -0.131. The van der Waals surface area contributed by atoms with Gasteiger partial charge in [-0.2, -0.15) is 0 Å². The van der Waals surface area contributed by atoms with Crippen molar-refractivity contribution in [2.45, 2.75) is 52.6 Å². The number of halogens is 1. The van der Waals surface area contributed by atoms with Gasteiger partial charge in [0.15, 0.2) is 5.78 Å². The van der Waals surface area contributed by atoms with Gasteiger partial charge in [0, 0.05) is 28.5 Å². The minimum absolute atomic E-state index is 0.244. The molecule has 1 aromatic carbocycles. The number of Topliss-reactive ketones (excluding diaryl/α,β-unsaturated/α-hetero) is 1. The zero-order chi connectivity index (χ0) is 21.3. The van der Waals surface area contributed by atoms with E-state index in [1.54, 1.807) is 24.3 Å². The van der Waals surface area contributed by atoms with Crippen LogP contribution in [0.2, 0.25) is 5.02 Å². The highest BCUT2D eigenvalue weighted by atomic mass is 35.5. The summed E-state index contributed by atoms with van der Waals surface area (Å²) in [5.41, 5.74) is 1.88. The highest BCUT2D eigenvalue weighted by molar-refractivity contribution is 6.30. The second-order valence-electron chi connectivity index (χ2n) is 7.45. The molecule has 7 heteroatoms. The van der Waals surface area contributed by atoms with Gasteiger partial charge in [-0.1, -0.05) is 37.6 Å². The minimum Gasteiger partial charge on any atom is -0.348 e. The SMILES string of the molecule is CCCn1c(C)cc(C(=O)CN2C(=O)NC(CC)(c3ccc(Cl)cc3)C2=O)c1C. The predicted octanol–water partition coefficient (Wildman–Crippen LogP) is 4.21. The van der Waals surface area contributed by atoms with Crippen molar-refractivity contribution in [3.8, 4) is 0 Å². The summed E-state index contributed by atoms with van der Waals surface area (Å²) >= 11 is 5.96. The molecule has 1 unspecified atom stereocenters. The van der Waals surface area contributed by atoms with Gasteiger partial charge in [0.1, 0.15) is 5.54 Å². The molecule has 1 fully saturated rings. The first-order chi connectivity index (χ1) is 13.7. The molecule has 0 aliphatic carbocycles. The number of amides is 3. The lowest BCUT2D eigenvalue weighted by atomic mass is 9.87. The number of nitrogens with one attached hydrogen (secondary N) is 1. The van der Waals surface area contributed by atoms with E-state index in [0.717, 1.165) is 29.3 Å². The van der Waals surface area contributed by atoms with Gasteiger partial charge in [0.05, 0.1) is 6.54 Å². The normalized spacial score (nSPS) is 19.0. The van der Waals surface area contributed by atoms with Gasteiger partial charge in [-0.25, -0.2) is 4.79 Å². The van der Waals surface area contributed by atoms with E-state index < -0.39 is 17.5 Å². The van der Waals surface area contributed by atoms with Gasteiger partial charge in [0.2, 0.25) is 0 Å². The van der Waals surface area contributed by atoms with E-state index in [0.29, 0.717) is 22.6 Å². The molecule has 1 aliphatic rings. The van der Waals surface area contributed by atoms with Crippen LogP contribution < -0.4 is 5.32 Å². The van der Waals surface area contributed by atoms with E-state index in [2.05, 4.69) is 16.8 Å². The van der Waals surface area contributed by atoms with Crippen LogP contribution in [0, 0.1) is 13.8 Å². The van der Waals surface area contributed by atoms with E-state index >= 15 is 0 Å². The predicted molar refractivity (Wildman–Crippen MR) is 112 cm³/mol. The van der Waals surface area contributed by atoms with Crippen LogP contribution in [-0.4, -0.2) is 33.7 Å². The van der Waals surface area contributed by atoms with Crippen LogP contribution in [0.3, 0.4) is 0 Å². The van der Waals surface area contributed by atoms with E-state index in [1.165, 1.54) is 0 Å². The summed E-state index contributed by atoms with van der Waals surface area (Å²) in [6.45, 7) is 8.30. The number of aromatic nitrogens is 1. The molecule has 154 valence electrons. The Labute approximate surface area is 175 Å². The number of rotatable bonds is 7. The number of carbonyl (C=O) groups excluding carboxylic acids is 3. The Bertz CT molecular complexity index is 964. The van der Waals surface area contributed by atoms with Crippen molar-refractivity contribution in [1.29, 1.82) is 0 Å². The molecular weight excluding hydrogens is 390 g/mol. The molecule has 1 saturated heterocycles. The van der Waals surface area contributed by atoms with E-state index in [4.69, 9.17) is 11.6 Å². The molecule has 2 aromatic rings. The molecule has 0 radical (unpaired) electrons. The van der Waals surface area contributed by atoms with Crippen LogP contribution >= 0.6 is 11.6 Å². The number of hydrogen-bond acceptors (Lipinski definition) is 3. The van der Waals surface area contributed by atoms with Gasteiger partial charge in [-0.05, 0) is 50.5 Å². The quantitative estimate of drug-likeness (QED) is 0.544. The number of ketones is 1. The fraction of sp³-hybridized carbons (Fsp3) is 0.409. The third-order valence-corrected chi connectivity index (χ3v) is 5.92. The van der Waals surface area contributed by atoms with Crippen molar-refractivity contribution in [2.24, 2.45) is 0 Å². The minimum atomic E-state index is -1.18. The number of urea groups is 1. The first-order valence-electron chi connectivity index (χ1n) is 9.85. The molecule has 1 aromatic heterocycles. The van der Waals surface area contributed by atoms with Crippen molar-refractivity contribution < 1.29 is 14.4 Å². The largest absolute Gasteiger partial charge is 0.348 e. The van der Waals surface area contributed by atoms with Crippen molar-refractivity contribution in [3.05, 3.63) is 57.9 Å². The van der Waals surface area contributed by atoms with E-state index in [9.17, 15) is 14.4 Å². The molecule has 1 aliphatic heterocycles. The van der Waals surface area contributed by atoms with Gasteiger partial charge in [0.25, 0.3) is 5.91 Å². The van der Waals surface area contributed by atoms with Gasteiger partial charge in [-0.3, -0.25) is 14.5 Å². The van der Waals surface area contributed by atoms with E-state index in [1.807, 2.05) is 26.8 Å². The van der Waals surface area contributed by atoms with Crippen LogP contribution in [-0.2, 0) is 16.9 Å². The van der Waals surface area contributed by atoms with Gasteiger partial charge < -0.3 is 9.88 Å². The number of hydrogen-bond donors (Lipinski definition) is 1.